The molecule has 0 amide bonds. The molecule has 0 bridgehead atoms. The first-order valence-electron chi connectivity index (χ1n) is 6.15. The molecule has 0 saturated heterocycles. The summed E-state index contributed by atoms with van der Waals surface area (Å²) in [6, 6.07) is 20.3. The Kier molecular flexibility index (Phi) is 4.99. The van der Waals surface area contributed by atoms with E-state index in [1.807, 2.05) is 54.6 Å². The summed E-state index contributed by atoms with van der Waals surface area (Å²) in [6.45, 7) is 0. The Balaban J connectivity index is 2.35. The molecule has 0 saturated carbocycles. The van der Waals surface area contributed by atoms with Crippen molar-refractivity contribution in [3.8, 4) is 0 Å². The minimum absolute atomic E-state index is 0.775. The summed E-state index contributed by atoms with van der Waals surface area (Å²) in [5, 5.41) is 0.801. The maximum absolute atomic E-state index is 6.17. The molecule has 0 unspecified atom stereocenters. The van der Waals surface area contributed by atoms with Gasteiger partial charge in [-0.2, -0.15) is 0 Å². The summed E-state index contributed by atoms with van der Waals surface area (Å²) in [5.41, 5.74) is 10.3. The quantitative estimate of drug-likeness (QED) is 0.654. The molecule has 0 atom stereocenters. The van der Waals surface area contributed by atoms with Crippen molar-refractivity contribution in [2.24, 2.45) is 5.73 Å². The van der Waals surface area contributed by atoms with Gasteiger partial charge in [-0.1, -0.05) is 82.7 Å². The number of hydrogen-bond acceptors (Lipinski definition) is 1. The molecule has 2 rings (SSSR count). The normalized spacial score (nSPS) is 12.5. The molecule has 0 aliphatic heterocycles. The van der Waals surface area contributed by atoms with Crippen molar-refractivity contribution in [3.05, 3.63) is 83.9 Å². The topological polar surface area (TPSA) is 26.0 Å². The van der Waals surface area contributed by atoms with Crippen LogP contribution in [0.4, 0.5) is 0 Å². The average molecular weight is 314 g/mol. The smallest absolute Gasteiger partial charge is 0.0393 e. The first-order chi connectivity index (χ1) is 9.31. The van der Waals surface area contributed by atoms with Crippen LogP contribution in [0, 0.1) is 0 Å². The lowest BCUT2D eigenvalue weighted by Gasteiger charge is -2.06. The molecular weight excluding hydrogens is 298 g/mol. The van der Waals surface area contributed by atoms with Crippen LogP contribution >= 0.6 is 15.9 Å². The highest BCUT2D eigenvalue weighted by molar-refractivity contribution is 9.09. The van der Waals surface area contributed by atoms with E-state index in [-0.39, 0.29) is 0 Å². The highest BCUT2D eigenvalue weighted by atomic mass is 79.9. The number of halogens is 1. The Morgan fingerprint density at radius 1 is 0.895 bits per heavy atom. The summed E-state index contributed by atoms with van der Waals surface area (Å²) in [5.74, 6) is 0. The Hall–Kier alpha value is -1.80. The van der Waals surface area contributed by atoms with Crippen LogP contribution in [0.1, 0.15) is 11.1 Å². The number of allylic oxidation sites excluding steroid dienone is 3. The zero-order valence-corrected chi connectivity index (χ0v) is 12.2. The van der Waals surface area contributed by atoms with E-state index in [4.69, 9.17) is 5.73 Å². The van der Waals surface area contributed by atoms with Gasteiger partial charge in [0.05, 0.1) is 0 Å². The molecule has 19 heavy (non-hydrogen) atoms. The summed E-state index contributed by atoms with van der Waals surface area (Å²) < 4.78 is 0. The van der Waals surface area contributed by atoms with Gasteiger partial charge in [0.25, 0.3) is 0 Å². The van der Waals surface area contributed by atoms with Crippen molar-refractivity contribution in [2.45, 2.75) is 0 Å². The number of benzene rings is 2. The molecule has 0 aliphatic carbocycles. The van der Waals surface area contributed by atoms with E-state index in [0.717, 1.165) is 22.2 Å². The summed E-state index contributed by atoms with van der Waals surface area (Å²) in [4.78, 5) is 0. The highest BCUT2D eigenvalue weighted by Gasteiger charge is 2.00. The Morgan fingerprint density at radius 3 is 1.95 bits per heavy atom. The molecule has 1 nitrogen and oxygen atoms in total. The zero-order valence-electron chi connectivity index (χ0n) is 10.6. The maximum Gasteiger partial charge on any atom is 0.0393 e. The molecule has 2 heteroatoms. The van der Waals surface area contributed by atoms with Gasteiger partial charge in [0.1, 0.15) is 0 Å². The zero-order chi connectivity index (χ0) is 13.5. The predicted octanol–water partition coefficient (Wildman–Crippen LogP) is 4.46. The van der Waals surface area contributed by atoms with E-state index in [1.165, 1.54) is 5.56 Å². The van der Waals surface area contributed by atoms with Crippen molar-refractivity contribution in [2.75, 3.05) is 5.33 Å². The van der Waals surface area contributed by atoms with E-state index >= 15 is 0 Å². The largest absolute Gasteiger partial charge is 0.398 e. The molecule has 96 valence electrons. The maximum atomic E-state index is 6.17. The van der Waals surface area contributed by atoms with Gasteiger partial charge in [-0.3, -0.25) is 0 Å². The van der Waals surface area contributed by atoms with Crippen molar-refractivity contribution >= 4 is 27.2 Å². The molecule has 0 fully saturated rings. The molecule has 0 aliphatic rings. The van der Waals surface area contributed by atoms with Crippen LogP contribution in [0.2, 0.25) is 0 Å². The lowest BCUT2D eigenvalue weighted by Crippen LogP contribution is -1.96. The van der Waals surface area contributed by atoms with E-state index in [1.54, 1.807) is 0 Å². The number of nitrogens with two attached hydrogens (primary N) is 1. The summed E-state index contributed by atoms with van der Waals surface area (Å²) in [7, 11) is 0. The van der Waals surface area contributed by atoms with Gasteiger partial charge in [-0.05, 0) is 22.8 Å². The van der Waals surface area contributed by atoms with Gasteiger partial charge in [0, 0.05) is 11.0 Å². The number of hydrogen-bond donors (Lipinski definition) is 1. The van der Waals surface area contributed by atoms with Crippen molar-refractivity contribution < 1.29 is 0 Å². The van der Waals surface area contributed by atoms with E-state index in [9.17, 15) is 0 Å². The Morgan fingerprint density at radius 2 is 1.42 bits per heavy atom. The van der Waals surface area contributed by atoms with Gasteiger partial charge in [0.2, 0.25) is 0 Å². The van der Waals surface area contributed by atoms with Crippen LogP contribution in [0.5, 0.6) is 0 Å². The first kappa shape index (κ1) is 13.6. The average Bonchev–Trinajstić information content (AvgIpc) is 2.48. The highest BCUT2D eigenvalue weighted by Crippen LogP contribution is 2.20. The van der Waals surface area contributed by atoms with Gasteiger partial charge in [0.15, 0.2) is 0 Å². The predicted molar refractivity (Wildman–Crippen MR) is 86.8 cm³/mol. The van der Waals surface area contributed by atoms with Gasteiger partial charge in [-0.25, -0.2) is 0 Å². The third-order valence-electron chi connectivity index (χ3n) is 2.82. The third kappa shape index (κ3) is 3.83. The molecule has 0 spiro atoms. The van der Waals surface area contributed by atoms with Gasteiger partial charge >= 0.3 is 0 Å². The van der Waals surface area contributed by atoms with Crippen LogP contribution in [-0.4, -0.2) is 5.33 Å². The van der Waals surface area contributed by atoms with E-state index in [2.05, 4.69) is 34.1 Å². The van der Waals surface area contributed by atoms with Crippen LogP contribution < -0.4 is 5.73 Å². The minimum atomic E-state index is 0.775. The Labute approximate surface area is 122 Å². The van der Waals surface area contributed by atoms with E-state index in [0.29, 0.717) is 0 Å². The first-order valence-corrected chi connectivity index (χ1v) is 7.27. The lowest BCUT2D eigenvalue weighted by atomic mass is 10.0. The third-order valence-corrected chi connectivity index (χ3v) is 3.15. The second-order valence-electron chi connectivity index (χ2n) is 4.15. The number of alkyl halides is 1. The number of rotatable bonds is 4. The van der Waals surface area contributed by atoms with Gasteiger partial charge in [-0.15, -0.1) is 0 Å². The lowest BCUT2D eigenvalue weighted by molar-refractivity contribution is 1.51. The molecule has 2 aromatic carbocycles. The molecule has 0 aromatic heterocycles. The Bertz CT molecular complexity index is 571. The standard InChI is InChI=1S/C17H16BrN/c18-12-11-16(14-7-3-1-4-8-14)13-17(19)15-9-5-2-6-10-15/h1-11,13H,12,19H2/b16-11+,17-13-. The van der Waals surface area contributed by atoms with Crippen molar-refractivity contribution in [3.63, 3.8) is 0 Å². The second kappa shape index (κ2) is 6.95. The van der Waals surface area contributed by atoms with Crippen LogP contribution in [0.3, 0.4) is 0 Å². The minimum Gasteiger partial charge on any atom is -0.398 e. The molecule has 2 N–H and O–H groups in total. The monoisotopic (exact) mass is 313 g/mol. The fourth-order valence-corrected chi connectivity index (χ4v) is 2.20. The van der Waals surface area contributed by atoms with Gasteiger partial charge < -0.3 is 5.73 Å². The fraction of sp³-hybridized carbons (Fsp3) is 0.0588. The van der Waals surface area contributed by atoms with E-state index < -0.39 is 0 Å². The fourth-order valence-electron chi connectivity index (χ4n) is 1.86. The SMILES string of the molecule is N/C(=C\C(=C/CBr)c1ccccc1)c1ccccc1. The second-order valence-corrected chi connectivity index (χ2v) is 4.79. The van der Waals surface area contributed by atoms with Crippen molar-refractivity contribution in [1.82, 2.24) is 0 Å². The molecular formula is C17H16BrN. The van der Waals surface area contributed by atoms with Crippen LogP contribution in [0.25, 0.3) is 11.3 Å². The van der Waals surface area contributed by atoms with Crippen LogP contribution in [-0.2, 0) is 0 Å². The van der Waals surface area contributed by atoms with Crippen LogP contribution in [0.15, 0.2) is 72.8 Å². The van der Waals surface area contributed by atoms with Crippen molar-refractivity contribution in [1.29, 1.82) is 0 Å². The summed E-state index contributed by atoms with van der Waals surface area (Å²) >= 11 is 3.45. The molecule has 0 heterocycles. The summed E-state index contributed by atoms with van der Waals surface area (Å²) in [6.07, 6.45) is 4.14. The molecule has 2 aromatic rings. The molecule has 0 radical (unpaired) electrons.